The Bertz CT molecular complexity index is 505. The molecule has 1 aromatic carbocycles. The SMILES string of the molecule is COCCc1cc(N)n(-c2ccc(OC)cc2)n1. The van der Waals surface area contributed by atoms with Crippen molar-refractivity contribution in [1.29, 1.82) is 0 Å². The van der Waals surface area contributed by atoms with E-state index in [9.17, 15) is 0 Å². The molecule has 18 heavy (non-hydrogen) atoms. The average Bonchev–Trinajstić information content (AvgIpc) is 2.78. The van der Waals surface area contributed by atoms with E-state index in [-0.39, 0.29) is 0 Å². The van der Waals surface area contributed by atoms with Crippen LogP contribution in [-0.4, -0.2) is 30.6 Å². The van der Waals surface area contributed by atoms with Gasteiger partial charge in [0.1, 0.15) is 11.6 Å². The number of hydrogen-bond donors (Lipinski definition) is 1. The first-order chi connectivity index (χ1) is 8.74. The maximum Gasteiger partial charge on any atom is 0.127 e. The Morgan fingerprint density at radius 1 is 1.22 bits per heavy atom. The first kappa shape index (κ1) is 12.4. The van der Waals surface area contributed by atoms with Crippen LogP contribution in [0.4, 0.5) is 5.82 Å². The van der Waals surface area contributed by atoms with Crippen LogP contribution in [0.5, 0.6) is 5.75 Å². The Kier molecular flexibility index (Phi) is 3.84. The summed E-state index contributed by atoms with van der Waals surface area (Å²) >= 11 is 0. The highest BCUT2D eigenvalue weighted by Gasteiger charge is 2.06. The fraction of sp³-hybridized carbons (Fsp3) is 0.308. The average molecular weight is 247 g/mol. The van der Waals surface area contributed by atoms with Gasteiger partial charge in [-0.15, -0.1) is 0 Å². The zero-order valence-electron chi connectivity index (χ0n) is 10.6. The van der Waals surface area contributed by atoms with Crippen LogP contribution in [0.15, 0.2) is 30.3 Å². The second kappa shape index (κ2) is 5.55. The van der Waals surface area contributed by atoms with E-state index < -0.39 is 0 Å². The number of anilines is 1. The van der Waals surface area contributed by atoms with Gasteiger partial charge in [-0.05, 0) is 24.3 Å². The van der Waals surface area contributed by atoms with E-state index in [1.807, 2.05) is 30.3 Å². The third kappa shape index (κ3) is 2.62. The van der Waals surface area contributed by atoms with Crippen molar-refractivity contribution in [2.45, 2.75) is 6.42 Å². The van der Waals surface area contributed by atoms with Gasteiger partial charge in [0, 0.05) is 19.6 Å². The third-order valence-electron chi connectivity index (χ3n) is 2.67. The summed E-state index contributed by atoms with van der Waals surface area (Å²) in [6.07, 6.45) is 0.754. The standard InChI is InChI=1S/C13H17N3O2/c1-17-8-7-10-9-13(14)16(15-10)11-3-5-12(18-2)6-4-11/h3-6,9H,7-8,14H2,1-2H3. The van der Waals surface area contributed by atoms with E-state index in [0.29, 0.717) is 12.4 Å². The Morgan fingerprint density at radius 3 is 2.56 bits per heavy atom. The predicted molar refractivity (Wildman–Crippen MR) is 70.1 cm³/mol. The molecule has 5 heteroatoms. The summed E-state index contributed by atoms with van der Waals surface area (Å²) in [5.41, 5.74) is 7.78. The molecule has 2 N–H and O–H groups in total. The number of ether oxygens (including phenoxy) is 2. The molecule has 0 unspecified atom stereocenters. The molecule has 2 aromatic rings. The summed E-state index contributed by atoms with van der Waals surface area (Å²) < 4.78 is 11.9. The first-order valence-corrected chi connectivity index (χ1v) is 5.72. The molecule has 5 nitrogen and oxygen atoms in total. The number of aromatic nitrogens is 2. The molecule has 0 aliphatic carbocycles. The quantitative estimate of drug-likeness (QED) is 0.872. The number of nitrogen functional groups attached to an aromatic ring is 1. The maximum atomic E-state index is 5.94. The molecule has 0 spiro atoms. The lowest BCUT2D eigenvalue weighted by atomic mass is 10.3. The smallest absolute Gasteiger partial charge is 0.127 e. The minimum atomic E-state index is 0.617. The third-order valence-corrected chi connectivity index (χ3v) is 2.67. The van der Waals surface area contributed by atoms with Crippen LogP contribution in [0.3, 0.4) is 0 Å². The summed E-state index contributed by atoms with van der Waals surface area (Å²) in [6, 6.07) is 9.46. The van der Waals surface area contributed by atoms with Gasteiger partial charge < -0.3 is 15.2 Å². The molecule has 0 fully saturated rings. The van der Waals surface area contributed by atoms with E-state index in [4.69, 9.17) is 15.2 Å². The highest BCUT2D eigenvalue weighted by atomic mass is 16.5. The zero-order valence-corrected chi connectivity index (χ0v) is 10.6. The van der Waals surface area contributed by atoms with Gasteiger partial charge >= 0.3 is 0 Å². The van der Waals surface area contributed by atoms with Gasteiger partial charge in [-0.25, -0.2) is 4.68 Å². The number of nitrogens with zero attached hydrogens (tertiary/aromatic N) is 2. The van der Waals surface area contributed by atoms with Gasteiger partial charge in [-0.3, -0.25) is 0 Å². The Labute approximate surface area is 106 Å². The molecule has 2 rings (SSSR count). The van der Waals surface area contributed by atoms with Crippen molar-refractivity contribution in [2.24, 2.45) is 0 Å². The minimum absolute atomic E-state index is 0.617. The monoisotopic (exact) mass is 247 g/mol. The van der Waals surface area contributed by atoms with Crippen molar-refractivity contribution in [1.82, 2.24) is 9.78 Å². The Hall–Kier alpha value is -2.01. The first-order valence-electron chi connectivity index (χ1n) is 5.72. The van der Waals surface area contributed by atoms with Crippen molar-refractivity contribution < 1.29 is 9.47 Å². The molecule has 0 aliphatic heterocycles. The summed E-state index contributed by atoms with van der Waals surface area (Å²) in [4.78, 5) is 0. The fourth-order valence-electron chi connectivity index (χ4n) is 1.71. The zero-order chi connectivity index (χ0) is 13.0. The summed E-state index contributed by atoms with van der Waals surface area (Å²) in [6.45, 7) is 0.638. The molecular formula is C13H17N3O2. The Morgan fingerprint density at radius 2 is 1.94 bits per heavy atom. The molecule has 0 radical (unpaired) electrons. The van der Waals surface area contributed by atoms with E-state index in [1.54, 1.807) is 18.9 Å². The number of benzene rings is 1. The lowest BCUT2D eigenvalue weighted by Crippen LogP contribution is -2.02. The fourth-order valence-corrected chi connectivity index (χ4v) is 1.71. The Balaban J connectivity index is 2.23. The van der Waals surface area contributed by atoms with Crippen molar-refractivity contribution in [3.8, 4) is 11.4 Å². The van der Waals surface area contributed by atoms with Crippen LogP contribution in [0, 0.1) is 0 Å². The van der Waals surface area contributed by atoms with E-state index in [0.717, 1.165) is 23.6 Å². The number of rotatable bonds is 5. The molecule has 1 heterocycles. The minimum Gasteiger partial charge on any atom is -0.497 e. The highest BCUT2D eigenvalue weighted by molar-refractivity contribution is 5.44. The molecule has 0 atom stereocenters. The van der Waals surface area contributed by atoms with Gasteiger partial charge in [0.2, 0.25) is 0 Å². The van der Waals surface area contributed by atoms with Crippen molar-refractivity contribution in [3.63, 3.8) is 0 Å². The van der Waals surface area contributed by atoms with Gasteiger partial charge in [-0.2, -0.15) is 5.10 Å². The van der Waals surface area contributed by atoms with Crippen LogP contribution >= 0.6 is 0 Å². The second-order valence-electron chi connectivity index (χ2n) is 3.91. The number of nitrogens with two attached hydrogens (primary N) is 1. The summed E-state index contributed by atoms with van der Waals surface area (Å²) in [7, 11) is 3.31. The van der Waals surface area contributed by atoms with Crippen LogP contribution in [-0.2, 0) is 11.2 Å². The molecule has 0 saturated carbocycles. The van der Waals surface area contributed by atoms with Gasteiger partial charge in [0.05, 0.1) is 25.1 Å². The summed E-state index contributed by atoms with van der Waals surface area (Å²) in [5.74, 6) is 1.43. The van der Waals surface area contributed by atoms with Crippen molar-refractivity contribution in [2.75, 3.05) is 26.6 Å². The molecule has 0 aliphatic rings. The van der Waals surface area contributed by atoms with E-state index in [1.165, 1.54) is 0 Å². The molecule has 96 valence electrons. The molecule has 0 amide bonds. The van der Waals surface area contributed by atoms with Crippen LogP contribution in [0.25, 0.3) is 5.69 Å². The summed E-state index contributed by atoms with van der Waals surface area (Å²) in [5, 5.41) is 4.44. The molecular weight excluding hydrogens is 230 g/mol. The topological polar surface area (TPSA) is 62.3 Å². The van der Waals surface area contributed by atoms with Gasteiger partial charge in [-0.1, -0.05) is 0 Å². The number of hydrogen-bond acceptors (Lipinski definition) is 4. The maximum absolute atomic E-state index is 5.94. The van der Waals surface area contributed by atoms with E-state index >= 15 is 0 Å². The van der Waals surface area contributed by atoms with Gasteiger partial charge in [0.25, 0.3) is 0 Å². The molecule has 1 aromatic heterocycles. The predicted octanol–water partition coefficient (Wildman–Crippen LogP) is 1.65. The highest BCUT2D eigenvalue weighted by Crippen LogP contribution is 2.18. The second-order valence-corrected chi connectivity index (χ2v) is 3.91. The van der Waals surface area contributed by atoms with Gasteiger partial charge in [0.15, 0.2) is 0 Å². The van der Waals surface area contributed by atoms with Crippen LogP contribution in [0.1, 0.15) is 5.69 Å². The van der Waals surface area contributed by atoms with E-state index in [2.05, 4.69) is 5.10 Å². The lowest BCUT2D eigenvalue weighted by molar-refractivity contribution is 0.201. The van der Waals surface area contributed by atoms with Crippen molar-refractivity contribution >= 4 is 5.82 Å². The lowest BCUT2D eigenvalue weighted by Gasteiger charge is -2.05. The van der Waals surface area contributed by atoms with Crippen LogP contribution in [0.2, 0.25) is 0 Å². The number of methoxy groups -OCH3 is 2. The van der Waals surface area contributed by atoms with Crippen LogP contribution < -0.4 is 10.5 Å². The molecule has 0 saturated heterocycles. The normalized spacial score (nSPS) is 10.6. The molecule has 0 bridgehead atoms. The largest absolute Gasteiger partial charge is 0.497 e. The van der Waals surface area contributed by atoms with Crippen molar-refractivity contribution in [3.05, 3.63) is 36.0 Å².